The maximum atomic E-state index is 13.0. The molecule has 26 heavy (non-hydrogen) atoms. The lowest BCUT2D eigenvalue weighted by molar-refractivity contribution is -0.133. The molecule has 0 radical (unpaired) electrons. The zero-order chi connectivity index (χ0) is 18.4. The summed E-state index contributed by atoms with van der Waals surface area (Å²) in [6.07, 6.45) is 8.57. The van der Waals surface area contributed by atoms with Gasteiger partial charge in [-0.15, -0.1) is 6.42 Å². The summed E-state index contributed by atoms with van der Waals surface area (Å²) in [6, 6.07) is 10.3. The van der Waals surface area contributed by atoms with Crippen molar-refractivity contribution < 1.29 is 14.3 Å². The molecule has 1 fully saturated rings. The topological polar surface area (TPSA) is 62.7 Å². The van der Waals surface area contributed by atoms with Crippen LogP contribution in [0.15, 0.2) is 48.8 Å². The Morgan fingerprint density at radius 1 is 1.19 bits per heavy atom. The average Bonchev–Trinajstić information content (AvgIpc) is 2.72. The number of aromatic nitrogens is 1. The Morgan fingerprint density at radius 3 is 2.62 bits per heavy atom. The molecule has 1 saturated heterocycles. The van der Waals surface area contributed by atoms with E-state index in [4.69, 9.17) is 11.2 Å². The molecule has 6 heteroatoms. The van der Waals surface area contributed by atoms with Crippen LogP contribution >= 0.6 is 0 Å². The van der Waals surface area contributed by atoms with Crippen molar-refractivity contribution >= 4 is 17.5 Å². The fraction of sp³-hybridized carbons (Fsp3) is 0.250. The maximum absolute atomic E-state index is 13.0. The van der Waals surface area contributed by atoms with Crippen LogP contribution in [-0.4, -0.2) is 54.5 Å². The molecule has 0 spiro atoms. The van der Waals surface area contributed by atoms with Crippen LogP contribution in [0.2, 0.25) is 0 Å². The van der Waals surface area contributed by atoms with Gasteiger partial charge in [-0.1, -0.05) is 12.0 Å². The van der Waals surface area contributed by atoms with Crippen LogP contribution in [0.5, 0.6) is 0 Å². The standard InChI is InChI=1S/C20H19N3O3/c1-2-16-4-3-5-18(14-16)23(20(25)17-6-8-21-9-7-17)15-19(24)22-10-12-26-13-11-22/h1,3-9,14H,10-13,15H2. The van der Waals surface area contributed by atoms with Gasteiger partial charge in [0.05, 0.1) is 13.2 Å². The van der Waals surface area contributed by atoms with E-state index in [-0.39, 0.29) is 18.4 Å². The van der Waals surface area contributed by atoms with E-state index in [1.165, 1.54) is 4.90 Å². The van der Waals surface area contributed by atoms with Crippen LogP contribution in [0, 0.1) is 12.3 Å². The number of hydrogen-bond donors (Lipinski definition) is 0. The number of pyridine rings is 1. The Labute approximate surface area is 152 Å². The number of rotatable bonds is 4. The molecule has 0 saturated carbocycles. The third-order valence-electron chi connectivity index (χ3n) is 4.15. The van der Waals surface area contributed by atoms with Crippen molar-refractivity contribution in [1.82, 2.24) is 9.88 Å². The van der Waals surface area contributed by atoms with Gasteiger partial charge in [-0.3, -0.25) is 19.5 Å². The fourth-order valence-corrected chi connectivity index (χ4v) is 2.74. The molecule has 0 bridgehead atoms. The molecule has 3 rings (SSSR count). The minimum Gasteiger partial charge on any atom is -0.378 e. The third kappa shape index (κ3) is 4.08. The highest BCUT2D eigenvalue weighted by Gasteiger charge is 2.25. The van der Waals surface area contributed by atoms with E-state index >= 15 is 0 Å². The van der Waals surface area contributed by atoms with Crippen molar-refractivity contribution in [2.24, 2.45) is 0 Å². The van der Waals surface area contributed by atoms with E-state index in [9.17, 15) is 9.59 Å². The lowest BCUT2D eigenvalue weighted by atomic mass is 10.1. The molecule has 0 aliphatic carbocycles. The summed E-state index contributed by atoms with van der Waals surface area (Å²) in [5.74, 6) is 2.16. The van der Waals surface area contributed by atoms with E-state index in [0.717, 1.165) is 0 Å². The summed E-state index contributed by atoms with van der Waals surface area (Å²) in [6.45, 7) is 2.02. The molecular formula is C20H19N3O3. The SMILES string of the molecule is C#Cc1cccc(N(CC(=O)N2CCOCC2)C(=O)c2ccncc2)c1. The second kappa shape index (κ2) is 8.28. The van der Waals surface area contributed by atoms with Crippen LogP contribution in [0.3, 0.4) is 0 Å². The number of ether oxygens (including phenoxy) is 1. The van der Waals surface area contributed by atoms with Crippen LogP contribution in [0.4, 0.5) is 5.69 Å². The number of hydrogen-bond acceptors (Lipinski definition) is 4. The summed E-state index contributed by atoms with van der Waals surface area (Å²) in [7, 11) is 0. The lowest BCUT2D eigenvalue weighted by Gasteiger charge is -2.30. The number of morpholine rings is 1. The first-order valence-corrected chi connectivity index (χ1v) is 8.33. The van der Waals surface area contributed by atoms with E-state index < -0.39 is 0 Å². The number of carbonyl (C=O) groups excluding carboxylic acids is 2. The first-order valence-electron chi connectivity index (χ1n) is 8.33. The van der Waals surface area contributed by atoms with Gasteiger partial charge in [0, 0.05) is 42.3 Å². The molecule has 0 N–H and O–H groups in total. The number of benzene rings is 1. The molecular weight excluding hydrogens is 330 g/mol. The van der Waals surface area contributed by atoms with Gasteiger partial charge in [0.25, 0.3) is 5.91 Å². The fourth-order valence-electron chi connectivity index (χ4n) is 2.74. The summed E-state index contributed by atoms with van der Waals surface area (Å²) in [4.78, 5) is 32.8. The van der Waals surface area contributed by atoms with E-state index in [1.54, 1.807) is 53.7 Å². The molecule has 2 amide bonds. The Kier molecular flexibility index (Phi) is 5.62. The third-order valence-corrected chi connectivity index (χ3v) is 4.15. The second-order valence-electron chi connectivity index (χ2n) is 5.82. The van der Waals surface area contributed by atoms with Gasteiger partial charge < -0.3 is 9.64 Å². The molecule has 1 aliphatic rings. The van der Waals surface area contributed by atoms with Gasteiger partial charge >= 0.3 is 0 Å². The first kappa shape index (κ1) is 17.6. The molecule has 132 valence electrons. The van der Waals surface area contributed by atoms with Crippen LogP contribution < -0.4 is 4.90 Å². The maximum Gasteiger partial charge on any atom is 0.258 e. The Bertz CT molecular complexity index is 824. The summed E-state index contributed by atoms with van der Waals surface area (Å²) in [5.41, 5.74) is 1.69. The zero-order valence-electron chi connectivity index (χ0n) is 14.3. The van der Waals surface area contributed by atoms with Crippen molar-refractivity contribution in [3.8, 4) is 12.3 Å². The predicted octanol–water partition coefficient (Wildman–Crippen LogP) is 1.57. The second-order valence-corrected chi connectivity index (χ2v) is 5.82. The number of terminal acetylenes is 1. The minimum atomic E-state index is -0.275. The number of amides is 2. The van der Waals surface area contributed by atoms with Gasteiger partial charge in [-0.05, 0) is 30.3 Å². The highest BCUT2D eigenvalue weighted by atomic mass is 16.5. The number of nitrogens with zero attached hydrogens (tertiary/aromatic N) is 3. The number of carbonyl (C=O) groups is 2. The molecule has 2 heterocycles. The Hall–Kier alpha value is -3.17. The van der Waals surface area contributed by atoms with Gasteiger partial charge in [0.1, 0.15) is 6.54 Å². The molecule has 1 aromatic carbocycles. The Balaban J connectivity index is 1.89. The van der Waals surface area contributed by atoms with Gasteiger partial charge in [0.15, 0.2) is 0 Å². The smallest absolute Gasteiger partial charge is 0.258 e. The highest BCUT2D eigenvalue weighted by Crippen LogP contribution is 2.19. The van der Waals surface area contributed by atoms with Crippen molar-refractivity contribution in [1.29, 1.82) is 0 Å². The van der Waals surface area contributed by atoms with Crippen LogP contribution in [0.25, 0.3) is 0 Å². The molecule has 2 aromatic rings. The molecule has 1 aromatic heterocycles. The van der Waals surface area contributed by atoms with Crippen LogP contribution in [-0.2, 0) is 9.53 Å². The van der Waals surface area contributed by atoms with E-state index in [1.807, 2.05) is 0 Å². The van der Waals surface area contributed by atoms with Crippen molar-refractivity contribution in [2.45, 2.75) is 0 Å². The average molecular weight is 349 g/mol. The van der Waals surface area contributed by atoms with E-state index in [0.29, 0.717) is 43.1 Å². The normalized spacial score (nSPS) is 13.7. The van der Waals surface area contributed by atoms with E-state index in [2.05, 4.69) is 10.9 Å². The number of anilines is 1. The monoisotopic (exact) mass is 349 g/mol. The summed E-state index contributed by atoms with van der Waals surface area (Å²) >= 11 is 0. The van der Waals surface area contributed by atoms with Crippen molar-refractivity contribution in [3.63, 3.8) is 0 Å². The molecule has 0 unspecified atom stereocenters. The lowest BCUT2D eigenvalue weighted by Crippen LogP contribution is -2.47. The zero-order valence-corrected chi connectivity index (χ0v) is 14.3. The highest BCUT2D eigenvalue weighted by molar-refractivity contribution is 6.08. The predicted molar refractivity (Wildman–Crippen MR) is 97.7 cm³/mol. The van der Waals surface area contributed by atoms with Gasteiger partial charge in [-0.25, -0.2) is 0 Å². The van der Waals surface area contributed by atoms with Crippen molar-refractivity contribution in [2.75, 3.05) is 37.7 Å². The molecule has 0 atom stereocenters. The first-order chi connectivity index (χ1) is 12.7. The quantitative estimate of drug-likeness (QED) is 0.786. The van der Waals surface area contributed by atoms with Gasteiger partial charge in [-0.2, -0.15) is 0 Å². The van der Waals surface area contributed by atoms with Crippen LogP contribution in [0.1, 0.15) is 15.9 Å². The molecule has 6 nitrogen and oxygen atoms in total. The summed E-state index contributed by atoms with van der Waals surface area (Å²) < 4.78 is 5.28. The molecule has 1 aliphatic heterocycles. The minimum absolute atomic E-state index is 0.0603. The van der Waals surface area contributed by atoms with Gasteiger partial charge in [0.2, 0.25) is 5.91 Å². The largest absolute Gasteiger partial charge is 0.378 e. The summed E-state index contributed by atoms with van der Waals surface area (Å²) in [5, 5.41) is 0. The van der Waals surface area contributed by atoms with Crippen molar-refractivity contribution in [3.05, 3.63) is 59.9 Å². The Morgan fingerprint density at radius 2 is 1.92 bits per heavy atom.